The van der Waals surface area contributed by atoms with Crippen LogP contribution in [0.5, 0.6) is 0 Å². The lowest BCUT2D eigenvalue weighted by molar-refractivity contribution is -0.122. The molecule has 2 aromatic carbocycles. The number of amides is 1. The van der Waals surface area contributed by atoms with Crippen molar-refractivity contribution < 1.29 is 9.90 Å². The van der Waals surface area contributed by atoms with Crippen molar-refractivity contribution in [3.05, 3.63) is 71.1 Å². The van der Waals surface area contributed by atoms with Gasteiger partial charge in [-0.2, -0.15) is 0 Å². The average molecular weight is 422 g/mol. The standard InChI is InChI=1S/C24H27N3O2S/c1-2-17-8-10-18(11-9-17)21-16-30-24(25-21)26-23(29)22(19-6-4-3-5-7-19)27-14-12-20(28)13-15-27/h3-11,16,20,22,28H,2,12-15H2,1H3,(H,25,26,29)/t22-/m0/s1. The first kappa shape index (κ1) is 20.7. The Hall–Kier alpha value is -2.54. The molecule has 0 radical (unpaired) electrons. The molecular formula is C24H27N3O2S. The predicted octanol–water partition coefficient (Wildman–Crippen LogP) is 4.51. The lowest BCUT2D eigenvalue weighted by atomic mass is 10.00. The molecule has 30 heavy (non-hydrogen) atoms. The van der Waals surface area contributed by atoms with Crippen molar-refractivity contribution in [1.29, 1.82) is 0 Å². The number of aliphatic hydroxyl groups is 1. The molecule has 2 N–H and O–H groups in total. The van der Waals surface area contributed by atoms with Gasteiger partial charge in [0.2, 0.25) is 5.91 Å². The number of thiazole rings is 1. The summed E-state index contributed by atoms with van der Waals surface area (Å²) in [6, 6.07) is 17.8. The Morgan fingerprint density at radius 3 is 2.53 bits per heavy atom. The van der Waals surface area contributed by atoms with E-state index in [1.807, 2.05) is 35.7 Å². The monoisotopic (exact) mass is 421 g/mol. The summed E-state index contributed by atoms with van der Waals surface area (Å²) in [5.74, 6) is -0.0835. The van der Waals surface area contributed by atoms with Crippen LogP contribution in [0.4, 0.5) is 5.13 Å². The summed E-state index contributed by atoms with van der Waals surface area (Å²) >= 11 is 1.44. The fraction of sp³-hybridized carbons (Fsp3) is 0.333. The third-order valence-electron chi connectivity index (χ3n) is 5.62. The van der Waals surface area contributed by atoms with E-state index in [-0.39, 0.29) is 12.0 Å². The molecule has 4 rings (SSSR count). The van der Waals surface area contributed by atoms with E-state index < -0.39 is 6.04 Å². The first-order chi connectivity index (χ1) is 14.6. The number of nitrogens with zero attached hydrogens (tertiary/aromatic N) is 2. The van der Waals surface area contributed by atoms with Gasteiger partial charge in [-0.15, -0.1) is 11.3 Å². The fourth-order valence-electron chi connectivity index (χ4n) is 3.86. The number of aryl methyl sites for hydroxylation is 1. The Kier molecular flexibility index (Phi) is 6.57. The largest absolute Gasteiger partial charge is 0.393 e. The summed E-state index contributed by atoms with van der Waals surface area (Å²) in [5.41, 5.74) is 4.17. The van der Waals surface area contributed by atoms with E-state index in [9.17, 15) is 9.90 Å². The maximum absolute atomic E-state index is 13.3. The van der Waals surface area contributed by atoms with Crippen LogP contribution in [0, 0.1) is 0 Å². The fourth-order valence-corrected chi connectivity index (χ4v) is 4.58. The Labute approximate surface area is 181 Å². The first-order valence-electron chi connectivity index (χ1n) is 10.5. The van der Waals surface area contributed by atoms with E-state index in [1.54, 1.807) is 0 Å². The minimum Gasteiger partial charge on any atom is -0.393 e. The summed E-state index contributed by atoms with van der Waals surface area (Å²) in [6.45, 7) is 3.53. The van der Waals surface area contributed by atoms with Crippen LogP contribution in [0.25, 0.3) is 11.3 Å². The van der Waals surface area contributed by atoms with E-state index in [0.29, 0.717) is 31.1 Å². The van der Waals surface area contributed by atoms with Crippen molar-refractivity contribution in [3.8, 4) is 11.3 Å². The van der Waals surface area contributed by atoms with Crippen molar-refractivity contribution >= 4 is 22.4 Å². The van der Waals surface area contributed by atoms with E-state index in [2.05, 4.69) is 46.4 Å². The number of carbonyl (C=O) groups is 1. The van der Waals surface area contributed by atoms with Crippen molar-refractivity contribution in [1.82, 2.24) is 9.88 Å². The van der Waals surface area contributed by atoms with Crippen LogP contribution in [0.15, 0.2) is 60.0 Å². The number of anilines is 1. The number of aromatic nitrogens is 1. The second kappa shape index (κ2) is 9.51. The van der Waals surface area contributed by atoms with Gasteiger partial charge in [-0.25, -0.2) is 4.98 Å². The van der Waals surface area contributed by atoms with Gasteiger partial charge < -0.3 is 10.4 Å². The summed E-state index contributed by atoms with van der Waals surface area (Å²) in [4.78, 5) is 20.1. The smallest absolute Gasteiger partial charge is 0.248 e. The van der Waals surface area contributed by atoms with Gasteiger partial charge in [0.05, 0.1) is 11.8 Å². The SMILES string of the molecule is CCc1ccc(-c2csc(NC(=O)[C@H](c3ccccc3)N3CCC(O)CC3)n2)cc1. The average Bonchev–Trinajstić information content (AvgIpc) is 3.24. The number of aliphatic hydroxyl groups excluding tert-OH is 1. The lowest BCUT2D eigenvalue weighted by Gasteiger charge is -2.35. The number of benzene rings is 2. The lowest BCUT2D eigenvalue weighted by Crippen LogP contribution is -2.43. The minimum absolute atomic E-state index is 0.0835. The van der Waals surface area contributed by atoms with Crippen LogP contribution in [0.1, 0.15) is 36.9 Å². The highest BCUT2D eigenvalue weighted by Crippen LogP contribution is 2.29. The molecule has 0 aliphatic carbocycles. The third kappa shape index (κ3) is 4.78. The van der Waals surface area contributed by atoms with Crippen molar-refractivity contribution in [2.75, 3.05) is 18.4 Å². The van der Waals surface area contributed by atoms with Gasteiger partial charge in [-0.3, -0.25) is 9.69 Å². The molecule has 3 aromatic rings. The van der Waals surface area contributed by atoms with Gasteiger partial charge in [0.25, 0.3) is 0 Å². The van der Waals surface area contributed by atoms with Crippen molar-refractivity contribution in [3.63, 3.8) is 0 Å². The maximum Gasteiger partial charge on any atom is 0.248 e. The molecule has 6 heteroatoms. The number of carbonyl (C=O) groups excluding carboxylic acids is 1. The molecule has 1 saturated heterocycles. The normalized spacial score (nSPS) is 16.3. The Morgan fingerprint density at radius 2 is 1.87 bits per heavy atom. The van der Waals surface area contributed by atoms with E-state index in [4.69, 9.17) is 0 Å². The van der Waals surface area contributed by atoms with Crippen LogP contribution in [-0.4, -0.2) is 40.1 Å². The van der Waals surface area contributed by atoms with Gasteiger partial charge in [-0.1, -0.05) is 61.5 Å². The minimum atomic E-state index is -0.394. The van der Waals surface area contributed by atoms with Crippen LogP contribution < -0.4 is 5.32 Å². The number of nitrogens with one attached hydrogen (secondary N) is 1. The predicted molar refractivity (Wildman–Crippen MR) is 122 cm³/mol. The Bertz CT molecular complexity index is 964. The molecular weight excluding hydrogens is 394 g/mol. The number of hydrogen-bond donors (Lipinski definition) is 2. The molecule has 1 fully saturated rings. The van der Waals surface area contributed by atoms with Gasteiger partial charge in [0.1, 0.15) is 6.04 Å². The summed E-state index contributed by atoms with van der Waals surface area (Å²) in [6.07, 6.45) is 2.10. The van der Waals surface area contributed by atoms with E-state index in [1.165, 1.54) is 16.9 Å². The third-order valence-corrected chi connectivity index (χ3v) is 6.38. The van der Waals surface area contributed by atoms with Crippen LogP contribution in [-0.2, 0) is 11.2 Å². The zero-order valence-electron chi connectivity index (χ0n) is 17.1. The zero-order chi connectivity index (χ0) is 20.9. The number of likely N-dealkylation sites (tertiary alicyclic amines) is 1. The number of rotatable bonds is 6. The molecule has 156 valence electrons. The maximum atomic E-state index is 13.3. The van der Waals surface area contributed by atoms with Gasteiger partial charge >= 0.3 is 0 Å². The molecule has 0 spiro atoms. The summed E-state index contributed by atoms with van der Waals surface area (Å²) in [5, 5.41) is 15.5. The van der Waals surface area contributed by atoms with Gasteiger partial charge in [0.15, 0.2) is 5.13 Å². The van der Waals surface area contributed by atoms with Crippen LogP contribution in [0.2, 0.25) is 0 Å². The molecule has 0 bridgehead atoms. The van der Waals surface area contributed by atoms with E-state index in [0.717, 1.165) is 23.2 Å². The molecule has 1 aliphatic rings. The molecule has 0 unspecified atom stereocenters. The quantitative estimate of drug-likeness (QED) is 0.615. The zero-order valence-corrected chi connectivity index (χ0v) is 17.9. The molecule has 1 atom stereocenters. The van der Waals surface area contributed by atoms with Gasteiger partial charge in [0, 0.05) is 24.0 Å². The molecule has 1 amide bonds. The Morgan fingerprint density at radius 1 is 1.17 bits per heavy atom. The summed E-state index contributed by atoms with van der Waals surface area (Å²) < 4.78 is 0. The molecule has 1 aliphatic heterocycles. The highest BCUT2D eigenvalue weighted by atomic mass is 32.1. The first-order valence-corrected chi connectivity index (χ1v) is 11.3. The second-order valence-electron chi connectivity index (χ2n) is 7.66. The highest BCUT2D eigenvalue weighted by molar-refractivity contribution is 7.14. The van der Waals surface area contributed by atoms with Crippen molar-refractivity contribution in [2.24, 2.45) is 0 Å². The number of piperidine rings is 1. The summed E-state index contributed by atoms with van der Waals surface area (Å²) in [7, 11) is 0. The van der Waals surface area contributed by atoms with Crippen molar-refractivity contribution in [2.45, 2.75) is 38.3 Å². The van der Waals surface area contributed by atoms with Crippen LogP contribution in [0.3, 0.4) is 0 Å². The van der Waals surface area contributed by atoms with Crippen LogP contribution >= 0.6 is 11.3 Å². The molecule has 2 heterocycles. The van der Waals surface area contributed by atoms with E-state index >= 15 is 0 Å². The topological polar surface area (TPSA) is 65.5 Å². The molecule has 5 nitrogen and oxygen atoms in total. The molecule has 1 aromatic heterocycles. The van der Waals surface area contributed by atoms with Gasteiger partial charge in [-0.05, 0) is 30.4 Å². The highest BCUT2D eigenvalue weighted by Gasteiger charge is 2.31. The Balaban J connectivity index is 1.52. The second-order valence-corrected chi connectivity index (χ2v) is 8.52. The number of hydrogen-bond acceptors (Lipinski definition) is 5. The molecule has 0 saturated carbocycles.